The Bertz CT molecular complexity index is 872. The maximum atomic E-state index is 4.50. The third-order valence-electron chi connectivity index (χ3n) is 3.64. The third-order valence-corrected chi connectivity index (χ3v) is 5.53. The van der Waals surface area contributed by atoms with Crippen molar-refractivity contribution in [2.24, 2.45) is 0 Å². The number of hydrogen-bond donors (Lipinski definition) is 2. The molecular weight excluding hydrogens is 364 g/mol. The van der Waals surface area contributed by atoms with Crippen molar-refractivity contribution in [3.8, 4) is 0 Å². The zero-order valence-electron chi connectivity index (χ0n) is 13.8. The van der Waals surface area contributed by atoms with Crippen molar-refractivity contribution in [3.05, 3.63) is 83.4 Å². The second-order valence-corrected chi connectivity index (χ2v) is 7.68. The Labute approximate surface area is 158 Å². The predicted octanol–water partition coefficient (Wildman–Crippen LogP) is 3.90. The third kappa shape index (κ3) is 4.53. The van der Waals surface area contributed by atoms with Crippen molar-refractivity contribution in [1.82, 2.24) is 30.4 Å². The lowest BCUT2D eigenvalue weighted by Gasteiger charge is -1.95. The molecule has 6 nitrogen and oxygen atoms in total. The van der Waals surface area contributed by atoms with Crippen LogP contribution in [0, 0.1) is 0 Å². The van der Waals surface area contributed by atoms with Gasteiger partial charge in [0.2, 0.25) is 10.3 Å². The smallest absolute Gasteiger partial charge is 0.219 e. The molecule has 0 aliphatic carbocycles. The summed E-state index contributed by atoms with van der Waals surface area (Å²) in [6, 6.07) is 20.4. The van der Waals surface area contributed by atoms with Crippen molar-refractivity contribution in [2.75, 3.05) is 0 Å². The number of aromatic nitrogens is 6. The normalized spacial score (nSPS) is 10.9. The van der Waals surface area contributed by atoms with Gasteiger partial charge in [0, 0.05) is 12.8 Å². The minimum Gasteiger partial charge on any atom is -0.262 e. The van der Waals surface area contributed by atoms with Gasteiger partial charge in [-0.05, 0) is 32.7 Å². The fourth-order valence-electron chi connectivity index (χ4n) is 2.44. The molecule has 2 N–H and O–H groups in total. The molecule has 0 fully saturated rings. The van der Waals surface area contributed by atoms with Crippen LogP contribution in [0.1, 0.15) is 22.8 Å². The average Bonchev–Trinajstić information content (AvgIpc) is 3.31. The molecule has 0 unspecified atom stereocenters. The number of rotatable bonds is 7. The molecule has 8 heteroatoms. The standard InChI is InChI=1S/C18H16N6S2/c1-3-7-13(8-4-1)11-15-19-17(23-21-15)25-26-18-20-16(22-24-18)12-14-9-5-2-6-10-14/h1-10H,11-12H2,(H,19,21,23)(H,20,22,24). The van der Waals surface area contributed by atoms with Crippen LogP contribution in [0.15, 0.2) is 71.0 Å². The average molecular weight is 381 g/mol. The zero-order valence-corrected chi connectivity index (χ0v) is 15.4. The summed E-state index contributed by atoms with van der Waals surface area (Å²) in [4.78, 5) is 9.01. The van der Waals surface area contributed by atoms with E-state index in [0.717, 1.165) is 24.5 Å². The fraction of sp³-hybridized carbons (Fsp3) is 0.111. The topological polar surface area (TPSA) is 83.1 Å². The molecule has 2 aromatic carbocycles. The number of aromatic amines is 2. The van der Waals surface area contributed by atoms with Crippen LogP contribution < -0.4 is 0 Å². The SMILES string of the molecule is c1ccc(Cc2nc(SSc3n[nH]c(Cc4ccccc4)n3)n[nH]2)cc1. The second kappa shape index (κ2) is 8.20. The minimum atomic E-state index is 0.676. The van der Waals surface area contributed by atoms with Crippen LogP contribution >= 0.6 is 21.6 Å². The van der Waals surface area contributed by atoms with Crippen LogP contribution in [0.4, 0.5) is 0 Å². The van der Waals surface area contributed by atoms with Crippen LogP contribution in [0.3, 0.4) is 0 Å². The van der Waals surface area contributed by atoms with Gasteiger partial charge in [-0.1, -0.05) is 60.7 Å². The number of hydrogen-bond acceptors (Lipinski definition) is 6. The van der Waals surface area contributed by atoms with Gasteiger partial charge >= 0.3 is 0 Å². The largest absolute Gasteiger partial charge is 0.262 e. The summed E-state index contributed by atoms with van der Waals surface area (Å²) in [7, 11) is 2.89. The quantitative estimate of drug-likeness (QED) is 0.473. The van der Waals surface area contributed by atoms with E-state index in [9.17, 15) is 0 Å². The van der Waals surface area contributed by atoms with Crippen molar-refractivity contribution in [3.63, 3.8) is 0 Å². The highest BCUT2D eigenvalue weighted by atomic mass is 33.1. The molecule has 0 aliphatic rings. The van der Waals surface area contributed by atoms with Gasteiger partial charge in [0.15, 0.2) is 0 Å². The van der Waals surface area contributed by atoms with Crippen molar-refractivity contribution >= 4 is 21.6 Å². The van der Waals surface area contributed by atoms with Gasteiger partial charge < -0.3 is 0 Å². The Kier molecular flexibility index (Phi) is 5.32. The lowest BCUT2D eigenvalue weighted by Crippen LogP contribution is -1.90. The number of H-pyrrole nitrogens is 2. The first-order valence-electron chi connectivity index (χ1n) is 8.10. The summed E-state index contributed by atoms with van der Waals surface area (Å²) in [6.07, 6.45) is 1.47. The fourth-order valence-corrected chi connectivity index (χ4v) is 3.95. The Morgan fingerprint density at radius 3 is 1.46 bits per heavy atom. The number of nitrogens with one attached hydrogen (secondary N) is 2. The van der Waals surface area contributed by atoms with Crippen LogP contribution in [-0.4, -0.2) is 30.4 Å². The molecule has 0 atom stereocenters. The van der Waals surface area contributed by atoms with E-state index in [-0.39, 0.29) is 0 Å². The first-order chi connectivity index (χ1) is 12.8. The second-order valence-electron chi connectivity index (χ2n) is 5.62. The van der Waals surface area contributed by atoms with Crippen LogP contribution in [0.5, 0.6) is 0 Å². The maximum Gasteiger partial charge on any atom is 0.219 e. The first kappa shape index (κ1) is 16.9. The van der Waals surface area contributed by atoms with Crippen LogP contribution in [0.2, 0.25) is 0 Å². The molecule has 4 aromatic rings. The molecule has 0 amide bonds. The van der Waals surface area contributed by atoms with Crippen LogP contribution in [0.25, 0.3) is 0 Å². The van der Waals surface area contributed by atoms with Crippen molar-refractivity contribution < 1.29 is 0 Å². The monoisotopic (exact) mass is 380 g/mol. The molecular formula is C18H16N6S2. The van der Waals surface area contributed by atoms with Crippen molar-refractivity contribution in [1.29, 1.82) is 0 Å². The van der Waals surface area contributed by atoms with Gasteiger partial charge in [0.1, 0.15) is 11.6 Å². The van der Waals surface area contributed by atoms with E-state index in [4.69, 9.17) is 0 Å². The molecule has 0 bridgehead atoms. The van der Waals surface area contributed by atoms with Gasteiger partial charge in [0.25, 0.3) is 0 Å². The van der Waals surface area contributed by atoms with E-state index in [1.54, 1.807) is 0 Å². The molecule has 0 saturated heterocycles. The van der Waals surface area contributed by atoms with Crippen molar-refractivity contribution in [2.45, 2.75) is 23.2 Å². The summed E-state index contributed by atoms with van der Waals surface area (Å²) in [6.45, 7) is 0. The molecule has 0 radical (unpaired) electrons. The molecule has 0 aliphatic heterocycles. The molecule has 0 saturated carbocycles. The number of nitrogens with zero attached hydrogens (tertiary/aromatic N) is 4. The van der Waals surface area contributed by atoms with E-state index in [1.165, 1.54) is 32.7 Å². The molecule has 4 rings (SSSR count). The van der Waals surface area contributed by atoms with Gasteiger partial charge in [-0.3, -0.25) is 10.2 Å². The lowest BCUT2D eigenvalue weighted by atomic mass is 10.1. The summed E-state index contributed by atoms with van der Waals surface area (Å²) < 4.78 is 0. The van der Waals surface area contributed by atoms with E-state index in [0.29, 0.717) is 10.3 Å². The molecule has 2 heterocycles. The Hall–Kier alpha value is -2.58. The first-order valence-corrected chi connectivity index (χ1v) is 10.2. The van der Waals surface area contributed by atoms with Gasteiger partial charge in [-0.25, -0.2) is 9.97 Å². The predicted molar refractivity (Wildman–Crippen MR) is 103 cm³/mol. The zero-order chi connectivity index (χ0) is 17.6. The van der Waals surface area contributed by atoms with Crippen LogP contribution in [-0.2, 0) is 12.8 Å². The Morgan fingerprint density at radius 1 is 0.615 bits per heavy atom. The molecule has 26 heavy (non-hydrogen) atoms. The van der Waals surface area contributed by atoms with Gasteiger partial charge in [0.05, 0.1) is 0 Å². The summed E-state index contributed by atoms with van der Waals surface area (Å²) in [5, 5.41) is 15.8. The maximum absolute atomic E-state index is 4.50. The summed E-state index contributed by atoms with van der Waals surface area (Å²) >= 11 is 0. The molecule has 0 spiro atoms. The minimum absolute atomic E-state index is 0.676. The van der Waals surface area contributed by atoms with E-state index in [1.807, 2.05) is 36.4 Å². The van der Waals surface area contributed by atoms with Gasteiger partial charge in [-0.15, -0.1) is 10.2 Å². The van der Waals surface area contributed by atoms with Gasteiger partial charge in [-0.2, -0.15) is 0 Å². The highest BCUT2D eigenvalue weighted by molar-refractivity contribution is 8.76. The lowest BCUT2D eigenvalue weighted by molar-refractivity contribution is 0.956. The highest BCUT2D eigenvalue weighted by Gasteiger charge is 2.09. The number of benzene rings is 2. The molecule has 2 aromatic heterocycles. The van der Waals surface area contributed by atoms with E-state index >= 15 is 0 Å². The van der Waals surface area contributed by atoms with E-state index in [2.05, 4.69) is 54.6 Å². The highest BCUT2D eigenvalue weighted by Crippen LogP contribution is 2.33. The molecule has 130 valence electrons. The summed E-state index contributed by atoms with van der Waals surface area (Å²) in [5.41, 5.74) is 2.40. The summed E-state index contributed by atoms with van der Waals surface area (Å²) in [5.74, 6) is 1.69. The Morgan fingerprint density at radius 2 is 1.04 bits per heavy atom. The Balaban J connectivity index is 1.32. The van der Waals surface area contributed by atoms with E-state index < -0.39 is 0 Å².